The molecule has 1 N–H and O–H groups in total. The number of hydrogen-bond donors (Lipinski definition) is 1. The Hall–Kier alpha value is -7.18. The summed E-state index contributed by atoms with van der Waals surface area (Å²) in [4.78, 5) is 4.95. The normalized spacial score (nSPS) is 14.9. The van der Waals surface area contributed by atoms with E-state index < -0.39 is 0 Å². The Bertz CT molecular complexity index is 3050. The van der Waals surface area contributed by atoms with Crippen molar-refractivity contribution in [1.29, 1.82) is 0 Å². The van der Waals surface area contributed by atoms with Gasteiger partial charge < -0.3 is 24.6 Å². The lowest BCUT2D eigenvalue weighted by Crippen LogP contribution is -2.41. The van der Waals surface area contributed by atoms with Crippen LogP contribution in [0.3, 0.4) is 0 Å². The molecule has 6 heteroatoms. The van der Waals surface area contributed by atoms with Gasteiger partial charge in [-0.25, -0.2) is 0 Å². The lowest BCUT2D eigenvalue weighted by molar-refractivity contribution is 0.332. The molecular weight excluding hydrogens is 781 g/mol. The summed E-state index contributed by atoms with van der Waals surface area (Å²) in [6.07, 6.45) is 2.31. The predicted molar refractivity (Wildman–Crippen MR) is 269 cm³/mol. The summed E-state index contributed by atoms with van der Waals surface area (Å²) in [7, 11) is 0.748. The molecule has 0 fully saturated rings. The van der Waals surface area contributed by atoms with E-state index in [1.54, 1.807) is 0 Å². The average Bonchev–Trinajstić information content (AvgIpc) is 3.30. The zero-order valence-electron chi connectivity index (χ0n) is 37.5. The Balaban J connectivity index is 1.15. The lowest BCUT2D eigenvalue weighted by atomic mass is 9.57. The van der Waals surface area contributed by atoms with Crippen molar-refractivity contribution < 1.29 is 9.47 Å². The molecule has 64 heavy (non-hydrogen) atoms. The second kappa shape index (κ2) is 15.3. The van der Waals surface area contributed by atoms with E-state index in [1.807, 2.05) is 30.3 Å². The van der Waals surface area contributed by atoms with E-state index >= 15 is 0 Å². The topological polar surface area (TPSA) is 37.0 Å². The zero-order valence-corrected chi connectivity index (χ0v) is 37.5. The van der Waals surface area contributed by atoms with Crippen LogP contribution < -0.4 is 35.5 Å². The van der Waals surface area contributed by atoms with Crippen molar-refractivity contribution in [2.45, 2.75) is 65.2 Å². The van der Waals surface area contributed by atoms with Crippen molar-refractivity contribution in [1.82, 2.24) is 0 Å². The Morgan fingerprint density at radius 2 is 1.09 bits per heavy atom. The summed E-state index contributed by atoms with van der Waals surface area (Å²) >= 11 is 0. The molecule has 3 aliphatic rings. The molecule has 0 spiro atoms. The maximum Gasteiger partial charge on any atom is 0.198 e. The van der Waals surface area contributed by atoms with Gasteiger partial charge in [0.05, 0.1) is 5.69 Å². The van der Waals surface area contributed by atoms with Gasteiger partial charge in [-0.15, -0.1) is 0 Å². The van der Waals surface area contributed by atoms with Crippen molar-refractivity contribution >= 4 is 63.7 Å². The molecule has 2 aliphatic heterocycles. The fourth-order valence-electron chi connectivity index (χ4n) is 10.2. The zero-order chi connectivity index (χ0) is 43.7. The number of para-hydroxylation sites is 5. The van der Waals surface area contributed by atoms with Crippen LogP contribution in [0.15, 0.2) is 170 Å². The fourth-order valence-corrected chi connectivity index (χ4v) is 10.2. The van der Waals surface area contributed by atoms with Crippen LogP contribution in [0.25, 0.3) is 11.1 Å². The van der Waals surface area contributed by atoms with Gasteiger partial charge in [0.2, 0.25) is 0 Å². The Morgan fingerprint density at radius 1 is 0.516 bits per heavy atom. The first-order valence-corrected chi connectivity index (χ1v) is 22.6. The standard InChI is InChI=1S/C58H52BN3O2/c1-37-30-44(43-34-54-55(64-53-25-17-16-24-52(53)63-54)36-48(43)60-39-18-10-7-11-19-39)56-51(31-37)62(49-35-46-45(32-38(49)2)57(3,4)28-29-58(46,5)6)50-33-42(26-27-47(50)59-56)61(40-20-12-8-13-21-40)41-22-14-9-15-23-41/h7-27,30-36,59-60H,28-29H2,1-6H3. The number of fused-ring (bicyclic) bond motifs is 5. The molecule has 0 saturated heterocycles. The highest BCUT2D eigenvalue weighted by Crippen LogP contribution is 2.52. The molecule has 1 aliphatic carbocycles. The molecule has 5 nitrogen and oxygen atoms in total. The predicted octanol–water partition coefficient (Wildman–Crippen LogP) is 14.6. The van der Waals surface area contributed by atoms with Crippen LogP contribution in [0.5, 0.6) is 23.0 Å². The largest absolute Gasteiger partial charge is 0.449 e. The average molecular weight is 834 g/mol. The van der Waals surface area contributed by atoms with Gasteiger partial charge in [0.25, 0.3) is 0 Å². The summed E-state index contributed by atoms with van der Waals surface area (Å²) in [6.45, 7) is 14.2. The summed E-state index contributed by atoms with van der Waals surface area (Å²) in [6, 6.07) is 60.8. The first-order valence-electron chi connectivity index (χ1n) is 22.6. The van der Waals surface area contributed by atoms with Gasteiger partial charge in [-0.1, -0.05) is 118 Å². The molecule has 2 heterocycles. The van der Waals surface area contributed by atoms with Gasteiger partial charge in [0, 0.05) is 51.4 Å². The number of aryl methyl sites for hydroxylation is 2. The van der Waals surface area contributed by atoms with E-state index in [4.69, 9.17) is 9.47 Å². The van der Waals surface area contributed by atoms with Gasteiger partial charge in [0.1, 0.15) is 0 Å². The highest BCUT2D eigenvalue weighted by molar-refractivity contribution is 6.73. The van der Waals surface area contributed by atoms with Crippen LogP contribution in [-0.2, 0) is 10.8 Å². The Morgan fingerprint density at radius 3 is 1.73 bits per heavy atom. The molecule has 8 aromatic rings. The van der Waals surface area contributed by atoms with Crippen molar-refractivity contribution in [2.24, 2.45) is 0 Å². The summed E-state index contributed by atoms with van der Waals surface area (Å²) in [5.41, 5.74) is 19.1. The maximum absolute atomic E-state index is 6.61. The van der Waals surface area contributed by atoms with Crippen LogP contribution in [0.1, 0.15) is 62.8 Å². The van der Waals surface area contributed by atoms with E-state index in [0.29, 0.717) is 23.0 Å². The van der Waals surface area contributed by atoms with Crippen molar-refractivity contribution in [3.8, 4) is 34.1 Å². The SMILES string of the molecule is Cc1cc(-c2cc3c(cc2Nc2ccccc2)Oc2ccccc2O3)c2c(c1)N(c1cc3c(cc1C)C(C)(C)CCC3(C)C)c1cc(N(c3ccccc3)c3ccccc3)ccc1B2. The van der Waals surface area contributed by atoms with Gasteiger partial charge >= 0.3 is 0 Å². The van der Waals surface area contributed by atoms with E-state index in [-0.39, 0.29) is 10.8 Å². The van der Waals surface area contributed by atoms with E-state index in [0.717, 1.165) is 53.3 Å². The molecule has 0 amide bonds. The number of benzene rings is 8. The number of ether oxygens (including phenoxy) is 2. The molecule has 11 rings (SSSR count). The second-order valence-electron chi connectivity index (χ2n) is 19.1. The third-order valence-electron chi connectivity index (χ3n) is 13.7. The lowest BCUT2D eigenvalue weighted by Gasteiger charge is -2.44. The second-order valence-corrected chi connectivity index (χ2v) is 19.1. The summed E-state index contributed by atoms with van der Waals surface area (Å²) < 4.78 is 13.1. The van der Waals surface area contributed by atoms with Crippen molar-refractivity contribution in [3.05, 3.63) is 192 Å². The highest BCUT2D eigenvalue weighted by atomic mass is 16.6. The molecule has 0 unspecified atom stereocenters. The summed E-state index contributed by atoms with van der Waals surface area (Å²) in [5.74, 6) is 2.79. The van der Waals surface area contributed by atoms with E-state index in [2.05, 4.69) is 196 Å². The first-order chi connectivity index (χ1) is 31.0. The van der Waals surface area contributed by atoms with Gasteiger partial charge in [0.15, 0.2) is 30.3 Å². The van der Waals surface area contributed by atoms with Crippen LogP contribution in [0, 0.1) is 13.8 Å². The minimum absolute atomic E-state index is 0.0353. The third kappa shape index (κ3) is 6.89. The Kier molecular flexibility index (Phi) is 9.46. The van der Waals surface area contributed by atoms with Gasteiger partial charge in [-0.05, 0) is 150 Å². The smallest absolute Gasteiger partial charge is 0.198 e. The molecule has 0 saturated carbocycles. The van der Waals surface area contributed by atoms with E-state index in [1.165, 1.54) is 56.7 Å². The quantitative estimate of drug-likeness (QED) is 0.162. The first kappa shape index (κ1) is 39.7. The third-order valence-corrected chi connectivity index (χ3v) is 13.7. The van der Waals surface area contributed by atoms with Crippen molar-refractivity contribution in [3.63, 3.8) is 0 Å². The fraction of sp³-hybridized carbons (Fsp3) is 0.172. The summed E-state index contributed by atoms with van der Waals surface area (Å²) in [5, 5.41) is 3.79. The van der Waals surface area contributed by atoms with Gasteiger partial charge in [-0.2, -0.15) is 0 Å². The van der Waals surface area contributed by atoms with Crippen LogP contribution in [0.4, 0.5) is 45.5 Å². The van der Waals surface area contributed by atoms with Crippen LogP contribution in [0.2, 0.25) is 0 Å². The minimum atomic E-state index is 0.0353. The number of anilines is 8. The monoisotopic (exact) mass is 833 g/mol. The minimum Gasteiger partial charge on any atom is -0.449 e. The number of nitrogens with one attached hydrogen (secondary N) is 1. The molecule has 0 radical (unpaired) electrons. The number of rotatable bonds is 7. The Labute approximate surface area is 378 Å². The van der Waals surface area contributed by atoms with Crippen LogP contribution >= 0.6 is 0 Å². The molecular formula is C58H52BN3O2. The maximum atomic E-state index is 6.61. The number of nitrogens with zero attached hydrogens (tertiary/aromatic N) is 2. The number of hydrogen-bond acceptors (Lipinski definition) is 5. The molecule has 0 bridgehead atoms. The van der Waals surface area contributed by atoms with E-state index in [9.17, 15) is 0 Å². The highest BCUT2D eigenvalue weighted by Gasteiger charge is 2.39. The molecule has 0 atom stereocenters. The van der Waals surface area contributed by atoms with Crippen molar-refractivity contribution in [2.75, 3.05) is 15.1 Å². The molecule has 8 aromatic carbocycles. The molecule has 314 valence electrons. The molecule has 0 aromatic heterocycles. The van der Waals surface area contributed by atoms with Crippen LogP contribution in [-0.4, -0.2) is 7.28 Å². The van der Waals surface area contributed by atoms with Gasteiger partial charge in [-0.3, -0.25) is 0 Å².